The third-order valence-corrected chi connectivity index (χ3v) is 2.71. The molecule has 0 atom stereocenters. The van der Waals surface area contributed by atoms with Gasteiger partial charge in [-0.1, -0.05) is 30.3 Å². The molecule has 0 saturated heterocycles. The minimum atomic E-state index is 0.718. The first-order valence-corrected chi connectivity index (χ1v) is 5.40. The Morgan fingerprint density at radius 1 is 0.882 bits per heavy atom. The molecule has 0 unspecified atom stereocenters. The van der Waals surface area contributed by atoms with E-state index in [9.17, 15) is 0 Å². The monoisotopic (exact) mass is 221 g/mol. The van der Waals surface area contributed by atoms with Gasteiger partial charge in [0.2, 0.25) is 0 Å². The maximum atomic E-state index is 5.75. The van der Waals surface area contributed by atoms with Crippen molar-refractivity contribution >= 4 is 16.6 Å². The molecule has 3 aromatic rings. The van der Waals surface area contributed by atoms with Gasteiger partial charge in [0, 0.05) is 16.6 Å². The minimum Gasteiger partial charge on any atom is -0.399 e. The van der Waals surface area contributed by atoms with Crippen LogP contribution in [-0.4, -0.2) is 9.97 Å². The molecule has 0 amide bonds. The largest absolute Gasteiger partial charge is 0.399 e. The van der Waals surface area contributed by atoms with Crippen LogP contribution in [0.3, 0.4) is 0 Å². The zero-order chi connectivity index (χ0) is 11.7. The van der Waals surface area contributed by atoms with Crippen molar-refractivity contribution < 1.29 is 0 Å². The maximum absolute atomic E-state index is 5.75. The Morgan fingerprint density at radius 3 is 2.53 bits per heavy atom. The Labute approximate surface area is 98.9 Å². The van der Waals surface area contributed by atoms with Crippen molar-refractivity contribution in [3.63, 3.8) is 0 Å². The SMILES string of the molecule is Nc1ccc2c(-c3ccccc3)ncnc2c1. The van der Waals surface area contributed by atoms with Crippen LogP contribution < -0.4 is 5.73 Å². The van der Waals surface area contributed by atoms with E-state index >= 15 is 0 Å². The molecule has 0 saturated carbocycles. The van der Waals surface area contributed by atoms with Crippen molar-refractivity contribution in [2.75, 3.05) is 5.73 Å². The Bertz CT molecular complexity index is 663. The molecule has 0 aliphatic heterocycles. The number of rotatable bonds is 1. The predicted molar refractivity (Wildman–Crippen MR) is 69.4 cm³/mol. The molecule has 82 valence electrons. The third-order valence-electron chi connectivity index (χ3n) is 2.71. The zero-order valence-corrected chi connectivity index (χ0v) is 9.17. The molecule has 3 heteroatoms. The van der Waals surface area contributed by atoms with Crippen LogP contribution >= 0.6 is 0 Å². The van der Waals surface area contributed by atoms with Crippen LogP contribution in [0, 0.1) is 0 Å². The molecule has 0 radical (unpaired) electrons. The molecule has 1 aromatic heterocycles. The molecule has 0 aliphatic rings. The molecule has 2 aromatic carbocycles. The summed E-state index contributed by atoms with van der Waals surface area (Å²) in [4.78, 5) is 8.59. The van der Waals surface area contributed by atoms with Gasteiger partial charge >= 0.3 is 0 Å². The fraction of sp³-hybridized carbons (Fsp3) is 0. The topological polar surface area (TPSA) is 51.8 Å². The number of hydrogen-bond donors (Lipinski definition) is 1. The van der Waals surface area contributed by atoms with Crippen LogP contribution in [0.2, 0.25) is 0 Å². The standard InChI is InChI=1S/C14H11N3/c15-11-6-7-12-13(8-11)16-9-17-14(12)10-4-2-1-3-5-10/h1-9H,15H2. The Balaban J connectivity index is 2.31. The first kappa shape index (κ1) is 9.78. The van der Waals surface area contributed by atoms with Gasteiger partial charge < -0.3 is 5.73 Å². The normalized spacial score (nSPS) is 10.6. The molecule has 0 spiro atoms. The lowest BCUT2D eigenvalue weighted by Gasteiger charge is -2.05. The van der Waals surface area contributed by atoms with Gasteiger partial charge in [-0.3, -0.25) is 0 Å². The van der Waals surface area contributed by atoms with Crippen LogP contribution in [0.5, 0.6) is 0 Å². The van der Waals surface area contributed by atoms with Gasteiger partial charge in [-0.05, 0) is 18.2 Å². The summed E-state index contributed by atoms with van der Waals surface area (Å²) in [5, 5.41) is 1.02. The van der Waals surface area contributed by atoms with Crippen molar-refractivity contribution in [3.05, 3.63) is 54.9 Å². The van der Waals surface area contributed by atoms with Gasteiger partial charge in [0.25, 0.3) is 0 Å². The molecule has 0 fully saturated rings. The summed E-state index contributed by atoms with van der Waals surface area (Å²) in [6.07, 6.45) is 1.57. The second kappa shape index (κ2) is 3.87. The second-order valence-electron chi connectivity index (χ2n) is 3.86. The predicted octanol–water partition coefficient (Wildman–Crippen LogP) is 2.88. The summed E-state index contributed by atoms with van der Waals surface area (Å²) in [7, 11) is 0. The Hall–Kier alpha value is -2.42. The molecule has 0 aliphatic carbocycles. The maximum Gasteiger partial charge on any atom is 0.116 e. The average molecular weight is 221 g/mol. The molecule has 3 rings (SSSR count). The number of aromatic nitrogens is 2. The Morgan fingerprint density at radius 2 is 1.71 bits per heavy atom. The summed E-state index contributed by atoms with van der Waals surface area (Å²) < 4.78 is 0. The number of nitrogens with zero attached hydrogens (tertiary/aromatic N) is 2. The van der Waals surface area contributed by atoms with Crippen molar-refractivity contribution in [3.8, 4) is 11.3 Å². The number of hydrogen-bond acceptors (Lipinski definition) is 3. The molecular formula is C14H11N3. The molecule has 1 heterocycles. The van der Waals surface area contributed by atoms with Crippen molar-refractivity contribution in [1.82, 2.24) is 9.97 Å². The zero-order valence-electron chi connectivity index (χ0n) is 9.17. The van der Waals surface area contributed by atoms with Gasteiger partial charge in [-0.15, -0.1) is 0 Å². The summed E-state index contributed by atoms with van der Waals surface area (Å²) in [6, 6.07) is 15.8. The van der Waals surface area contributed by atoms with E-state index in [4.69, 9.17) is 5.73 Å². The number of benzene rings is 2. The average Bonchev–Trinajstić information content (AvgIpc) is 2.39. The number of fused-ring (bicyclic) bond motifs is 1. The fourth-order valence-electron chi connectivity index (χ4n) is 1.90. The van der Waals surface area contributed by atoms with Crippen LogP contribution in [0.25, 0.3) is 22.2 Å². The summed E-state index contributed by atoms with van der Waals surface area (Å²) in [5.74, 6) is 0. The van der Waals surface area contributed by atoms with E-state index in [1.807, 2.05) is 48.5 Å². The first-order valence-electron chi connectivity index (χ1n) is 5.40. The third kappa shape index (κ3) is 1.72. The quantitative estimate of drug-likeness (QED) is 0.643. The highest BCUT2D eigenvalue weighted by molar-refractivity contribution is 5.93. The molecule has 17 heavy (non-hydrogen) atoms. The summed E-state index contributed by atoms with van der Waals surface area (Å²) in [6.45, 7) is 0. The van der Waals surface area contributed by atoms with E-state index in [1.54, 1.807) is 6.33 Å². The van der Waals surface area contributed by atoms with E-state index in [0.29, 0.717) is 0 Å². The van der Waals surface area contributed by atoms with Crippen LogP contribution in [-0.2, 0) is 0 Å². The lowest BCUT2D eigenvalue weighted by molar-refractivity contribution is 1.22. The second-order valence-corrected chi connectivity index (χ2v) is 3.86. The number of anilines is 1. The lowest BCUT2D eigenvalue weighted by atomic mass is 10.1. The van der Waals surface area contributed by atoms with Crippen molar-refractivity contribution in [2.45, 2.75) is 0 Å². The van der Waals surface area contributed by atoms with E-state index in [-0.39, 0.29) is 0 Å². The molecule has 0 bridgehead atoms. The highest BCUT2D eigenvalue weighted by Gasteiger charge is 2.05. The Kier molecular flexibility index (Phi) is 2.22. The van der Waals surface area contributed by atoms with Gasteiger partial charge in [-0.2, -0.15) is 0 Å². The van der Waals surface area contributed by atoms with Crippen LogP contribution in [0.1, 0.15) is 0 Å². The van der Waals surface area contributed by atoms with Crippen LogP contribution in [0.4, 0.5) is 5.69 Å². The molecule has 2 N–H and O–H groups in total. The van der Waals surface area contributed by atoms with E-state index < -0.39 is 0 Å². The van der Waals surface area contributed by atoms with Gasteiger partial charge in [-0.25, -0.2) is 9.97 Å². The number of nitrogen functional groups attached to an aromatic ring is 1. The van der Waals surface area contributed by atoms with Gasteiger partial charge in [0.05, 0.1) is 11.2 Å². The number of nitrogens with two attached hydrogens (primary N) is 1. The molecule has 3 nitrogen and oxygen atoms in total. The lowest BCUT2D eigenvalue weighted by Crippen LogP contribution is -1.90. The van der Waals surface area contributed by atoms with Gasteiger partial charge in [0.1, 0.15) is 6.33 Å². The van der Waals surface area contributed by atoms with E-state index in [2.05, 4.69) is 9.97 Å². The van der Waals surface area contributed by atoms with E-state index in [0.717, 1.165) is 27.8 Å². The minimum absolute atomic E-state index is 0.718. The van der Waals surface area contributed by atoms with Crippen LogP contribution in [0.15, 0.2) is 54.9 Å². The van der Waals surface area contributed by atoms with E-state index in [1.165, 1.54) is 0 Å². The smallest absolute Gasteiger partial charge is 0.116 e. The van der Waals surface area contributed by atoms with Crippen molar-refractivity contribution in [2.24, 2.45) is 0 Å². The highest BCUT2D eigenvalue weighted by atomic mass is 14.8. The highest BCUT2D eigenvalue weighted by Crippen LogP contribution is 2.25. The summed E-state index contributed by atoms with van der Waals surface area (Å²) >= 11 is 0. The first-order chi connectivity index (χ1) is 8.34. The summed E-state index contributed by atoms with van der Waals surface area (Å²) in [5.41, 5.74) is 9.37. The van der Waals surface area contributed by atoms with Gasteiger partial charge in [0.15, 0.2) is 0 Å². The van der Waals surface area contributed by atoms with Crippen molar-refractivity contribution in [1.29, 1.82) is 0 Å². The fourth-order valence-corrected chi connectivity index (χ4v) is 1.90. The molecular weight excluding hydrogens is 210 g/mol.